The number of carbonyl (C=O) groups is 2. The molecule has 136 valence electrons. The van der Waals surface area contributed by atoms with E-state index < -0.39 is 11.5 Å². The Hall–Kier alpha value is -2.93. The van der Waals surface area contributed by atoms with Gasteiger partial charge >= 0.3 is 5.63 Å². The zero-order valence-electron chi connectivity index (χ0n) is 14.1. The Labute approximate surface area is 162 Å². The molecule has 1 fully saturated rings. The van der Waals surface area contributed by atoms with E-state index in [1.807, 2.05) is 24.3 Å². The predicted molar refractivity (Wildman–Crippen MR) is 106 cm³/mol. The lowest BCUT2D eigenvalue weighted by molar-refractivity contribution is -0.122. The summed E-state index contributed by atoms with van der Waals surface area (Å²) in [6.07, 6.45) is 0.162. The molecule has 1 aliphatic rings. The highest BCUT2D eigenvalue weighted by molar-refractivity contribution is 9.10. The molecule has 1 saturated heterocycles. The van der Waals surface area contributed by atoms with Gasteiger partial charge in [0.25, 0.3) is 0 Å². The van der Waals surface area contributed by atoms with Crippen molar-refractivity contribution in [2.75, 3.05) is 16.8 Å². The number of hydrogen-bond donors (Lipinski definition) is 1. The molecule has 2 aromatic carbocycles. The lowest BCUT2D eigenvalue weighted by Crippen LogP contribution is -2.28. The predicted octanol–water partition coefficient (Wildman–Crippen LogP) is 3.55. The third-order valence-corrected chi connectivity index (χ3v) is 5.20. The fraction of sp³-hybridized carbons (Fsp3) is 0.150. The van der Waals surface area contributed by atoms with Crippen LogP contribution in [0, 0.1) is 5.92 Å². The summed E-state index contributed by atoms with van der Waals surface area (Å²) in [6, 6.07) is 15.5. The lowest BCUT2D eigenvalue weighted by Gasteiger charge is -2.18. The molecule has 3 aromatic rings. The van der Waals surface area contributed by atoms with Crippen LogP contribution in [-0.4, -0.2) is 18.4 Å². The van der Waals surface area contributed by atoms with E-state index in [9.17, 15) is 14.4 Å². The zero-order valence-corrected chi connectivity index (χ0v) is 15.7. The van der Waals surface area contributed by atoms with Crippen LogP contribution in [0.5, 0.6) is 0 Å². The highest BCUT2D eigenvalue weighted by Crippen LogP contribution is 2.31. The van der Waals surface area contributed by atoms with Gasteiger partial charge in [-0.2, -0.15) is 0 Å². The van der Waals surface area contributed by atoms with Gasteiger partial charge in [0.2, 0.25) is 11.8 Å². The number of rotatable bonds is 3. The van der Waals surface area contributed by atoms with Crippen molar-refractivity contribution in [1.29, 1.82) is 0 Å². The summed E-state index contributed by atoms with van der Waals surface area (Å²) in [5.74, 6) is -0.731. The van der Waals surface area contributed by atoms with Crippen molar-refractivity contribution >= 4 is 50.1 Å². The Morgan fingerprint density at radius 1 is 1.11 bits per heavy atom. The van der Waals surface area contributed by atoms with E-state index in [0.717, 1.165) is 10.2 Å². The van der Waals surface area contributed by atoms with Gasteiger partial charge in [0.1, 0.15) is 5.58 Å². The number of carbonyl (C=O) groups excluding carboxylic acids is 2. The first-order valence-corrected chi connectivity index (χ1v) is 9.20. The number of nitrogens with one attached hydrogen (secondary N) is 1. The maximum absolute atomic E-state index is 12.6. The molecule has 1 aromatic heterocycles. The second-order valence-corrected chi connectivity index (χ2v) is 7.21. The minimum Gasteiger partial charge on any atom is -0.423 e. The molecule has 1 unspecified atom stereocenters. The summed E-state index contributed by atoms with van der Waals surface area (Å²) in [5.41, 5.74) is 1.39. The van der Waals surface area contributed by atoms with Gasteiger partial charge < -0.3 is 14.6 Å². The van der Waals surface area contributed by atoms with Gasteiger partial charge in [0, 0.05) is 34.6 Å². The van der Waals surface area contributed by atoms with Crippen molar-refractivity contribution in [3.05, 3.63) is 69.5 Å². The fourth-order valence-electron chi connectivity index (χ4n) is 3.18. The largest absolute Gasteiger partial charge is 0.423 e. The lowest BCUT2D eigenvalue weighted by atomic mass is 10.1. The van der Waals surface area contributed by atoms with E-state index in [-0.39, 0.29) is 18.2 Å². The van der Waals surface area contributed by atoms with E-state index in [1.165, 1.54) is 6.07 Å². The monoisotopic (exact) mass is 426 g/mol. The summed E-state index contributed by atoms with van der Waals surface area (Å²) >= 11 is 3.45. The molecule has 2 heterocycles. The third-order valence-electron chi connectivity index (χ3n) is 4.53. The molecule has 0 spiro atoms. The summed E-state index contributed by atoms with van der Waals surface area (Å²) in [6.45, 7) is 0.329. The summed E-state index contributed by atoms with van der Waals surface area (Å²) in [4.78, 5) is 37.9. The van der Waals surface area contributed by atoms with E-state index in [1.54, 1.807) is 29.2 Å². The Morgan fingerprint density at radius 2 is 1.93 bits per heavy atom. The van der Waals surface area contributed by atoms with Crippen LogP contribution in [0.15, 0.2) is 68.3 Å². The molecule has 1 atom stereocenters. The molecule has 27 heavy (non-hydrogen) atoms. The molecule has 2 amide bonds. The second kappa shape index (κ2) is 7.00. The number of para-hydroxylation sites is 1. The number of halogens is 1. The minimum atomic E-state index is -0.436. The second-order valence-electron chi connectivity index (χ2n) is 6.35. The van der Waals surface area contributed by atoms with Gasteiger partial charge in [-0.05, 0) is 52.3 Å². The molecular formula is C20H15BrN2O4. The number of hydrogen-bond acceptors (Lipinski definition) is 4. The number of anilines is 2. The Morgan fingerprint density at radius 3 is 2.74 bits per heavy atom. The standard InChI is InChI=1S/C20H15BrN2O4/c21-15-3-1-2-4-16(15)23-11-13(10-18(23)24)20(26)22-14-6-7-17-12(9-14)5-8-19(25)27-17/h1-9,13H,10-11H2,(H,22,26). The summed E-state index contributed by atoms with van der Waals surface area (Å²) in [7, 11) is 0. The van der Waals surface area contributed by atoms with Crippen LogP contribution < -0.4 is 15.8 Å². The van der Waals surface area contributed by atoms with Gasteiger partial charge in [-0.1, -0.05) is 12.1 Å². The van der Waals surface area contributed by atoms with Crippen LogP contribution in [0.4, 0.5) is 11.4 Å². The smallest absolute Gasteiger partial charge is 0.336 e. The average molecular weight is 427 g/mol. The van der Waals surface area contributed by atoms with Crippen molar-refractivity contribution in [3.8, 4) is 0 Å². The topological polar surface area (TPSA) is 79.6 Å². The Bertz CT molecular complexity index is 1110. The first-order chi connectivity index (χ1) is 13.0. The van der Waals surface area contributed by atoms with Gasteiger partial charge in [0.15, 0.2) is 0 Å². The first kappa shape index (κ1) is 17.5. The molecule has 6 nitrogen and oxygen atoms in total. The van der Waals surface area contributed by atoms with Crippen LogP contribution in [0.2, 0.25) is 0 Å². The SMILES string of the molecule is O=C(Nc1ccc2oc(=O)ccc2c1)C1CC(=O)N(c2ccccc2Br)C1. The van der Waals surface area contributed by atoms with Crippen LogP contribution in [0.1, 0.15) is 6.42 Å². The highest BCUT2D eigenvalue weighted by atomic mass is 79.9. The Kier molecular flexibility index (Phi) is 4.53. The van der Waals surface area contributed by atoms with Crippen LogP contribution >= 0.6 is 15.9 Å². The van der Waals surface area contributed by atoms with Crippen LogP contribution in [0.25, 0.3) is 11.0 Å². The third kappa shape index (κ3) is 3.50. The van der Waals surface area contributed by atoms with Gasteiger partial charge in [0.05, 0.1) is 11.6 Å². The first-order valence-electron chi connectivity index (χ1n) is 8.41. The van der Waals surface area contributed by atoms with Crippen LogP contribution in [0.3, 0.4) is 0 Å². The zero-order chi connectivity index (χ0) is 19.0. The minimum absolute atomic E-state index is 0.0812. The summed E-state index contributed by atoms with van der Waals surface area (Å²) < 4.78 is 5.90. The number of amides is 2. The molecule has 0 saturated carbocycles. The molecule has 0 radical (unpaired) electrons. The van der Waals surface area contributed by atoms with Gasteiger partial charge in [-0.25, -0.2) is 4.79 Å². The van der Waals surface area contributed by atoms with E-state index in [4.69, 9.17) is 4.42 Å². The van der Waals surface area contributed by atoms with Crippen LogP contribution in [-0.2, 0) is 9.59 Å². The molecule has 0 bridgehead atoms. The number of fused-ring (bicyclic) bond motifs is 1. The molecule has 1 aliphatic heterocycles. The van der Waals surface area contributed by atoms with E-state index >= 15 is 0 Å². The number of nitrogens with zero attached hydrogens (tertiary/aromatic N) is 1. The number of benzene rings is 2. The summed E-state index contributed by atoms with van der Waals surface area (Å²) in [5, 5.41) is 3.56. The van der Waals surface area contributed by atoms with Crippen molar-refractivity contribution in [2.45, 2.75) is 6.42 Å². The van der Waals surface area contributed by atoms with E-state index in [2.05, 4.69) is 21.2 Å². The normalized spacial score (nSPS) is 16.7. The maximum atomic E-state index is 12.6. The van der Waals surface area contributed by atoms with Gasteiger partial charge in [-0.3, -0.25) is 9.59 Å². The maximum Gasteiger partial charge on any atom is 0.336 e. The van der Waals surface area contributed by atoms with E-state index in [0.29, 0.717) is 23.2 Å². The van der Waals surface area contributed by atoms with Crippen molar-refractivity contribution in [2.24, 2.45) is 5.92 Å². The van der Waals surface area contributed by atoms with Crippen molar-refractivity contribution < 1.29 is 14.0 Å². The molecular weight excluding hydrogens is 412 g/mol. The fourth-order valence-corrected chi connectivity index (χ4v) is 3.68. The van der Waals surface area contributed by atoms with Crippen molar-refractivity contribution in [3.63, 3.8) is 0 Å². The molecule has 7 heteroatoms. The molecule has 1 N–H and O–H groups in total. The Balaban J connectivity index is 1.50. The molecule has 4 rings (SSSR count). The van der Waals surface area contributed by atoms with Crippen molar-refractivity contribution in [1.82, 2.24) is 0 Å². The molecule has 0 aliphatic carbocycles. The highest BCUT2D eigenvalue weighted by Gasteiger charge is 2.35. The van der Waals surface area contributed by atoms with Gasteiger partial charge in [-0.15, -0.1) is 0 Å². The average Bonchev–Trinajstić information content (AvgIpc) is 3.04. The quantitative estimate of drug-likeness (QED) is 0.649.